The average molecular weight is 447 g/mol. The molecule has 2 atom stereocenters. The molecule has 2 unspecified atom stereocenters. The Bertz CT molecular complexity index is 965. The van der Waals surface area contributed by atoms with Gasteiger partial charge in [-0.3, -0.25) is 8.42 Å². The van der Waals surface area contributed by atoms with Crippen molar-refractivity contribution in [2.24, 2.45) is 10.2 Å². The quantitative estimate of drug-likeness (QED) is 0.148. The van der Waals surface area contributed by atoms with Gasteiger partial charge in [-0.15, -0.1) is 0 Å². The fraction of sp³-hybridized carbons (Fsp3) is 0.333. The van der Waals surface area contributed by atoms with Gasteiger partial charge in [0.05, 0.1) is 0 Å². The zero-order valence-corrected chi connectivity index (χ0v) is 17.5. The third-order valence-corrected chi connectivity index (χ3v) is 5.72. The van der Waals surface area contributed by atoms with Crippen molar-refractivity contribution in [1.82, 2.24) is 0 Å². The van der Waals surface area contributed by atoms with Gasteiger partial charge in [0, 0.05) is 31.0 Å². The number of hydrogen-bond donors (Lipinski definition) is 0. The second kappa shape index (κ2) is 12.1. The first kappa shape index (κ1) is 23.6. The van der Waals surface area contributed by atoms with E-state index in [4.69, 9.17) is 11.1 Å². The van der Waals surface area contributed by atoms with Crippen molar-refractivity contribution >= 4 is 33.5 Å². The van der Waals surface area contributed by atoms with Gasteiger partial charge in [-0.05, 0) is 94.3 Å². The van der Waals surface area contributed by atoms with Crippen LogP contribution >= 0.6 is 0 Å². The second-order valence-corrected chi connectivity index (χ2v) is 8.23. The summed E-state index contributed by atoms with van der Waals surface area (Å²) in [4.78, 5) is 5.65. The van der Waals surface area contributed by atoms with Gasteiger partial charge in [-0.2, -0.15) is 0 Å². The van der Waals surface area contributed by atoms with Crippen molar-refractivity contribution in [2.75, 3.05) is 0 Å². The molecular weight excluding hydrogens is 428 g/mol. The molecule has 158 valence electrons. The molecule has 0 aliphatic rings. The molecule has 0 heterocycles. The summed E-state index contributed by atoms with van der Waals surface area (Å²) in [6.45, 7) is 0. The number of rotatable bonds is 11. The maximum absolute atomic E-state index is 11.0. The van der Waals surface area contributed by atoms with Gasteiger partial charge in [-0.25, -0.2) is 0 Å². The first-order valence-electron chi connectivity index (χ1n) is 9.01. The maximum atomic E-state index is 11.0. The van der Waals surface area contributed by atoms with E-state index in [0.29, 0.717) is 24.2 Å². The molecular formula is C18H18N6O4S2-2. The minimum atomic E-state index is -2.38. The van der Waals surface area contributed by atoms with E-state index in [1.165, 1.54) is 24.3 Å². The molecule has 0 spiro atoms. The average Bonchev–Trinajstić information content (AvgIpc) is 2.72. The van der Waals surface area contributed by atoms with E-state index in [-0.39, 0.29) is 9.79 Å². The molecule has 0 saturated carbocycles. The summed E-state index contributed by atoms with van der Waals surface area (Å²) >= 11 is -4.77. The van der Waals surface area contributed by atoms with Crippen LogP contribution in [0.3, 0.4) is 0 Å². The summed E-state index contributed by atoms with van der Waals surface area (Å²) in [6.07, 6.45) is 4.73. The lowest BCUT2D eigenvalue weighted by molar-refractivity contribution is 0.535. The number of nitrogens with zero attached hydrogens (tertiary/aromatic N) is 6. The Kier molecular flexibility index (Phi) is 9.49. The molecule has 2 aromatic rings. The van der Waals surface area contributed by atoms with Gasteiger partial charge in [0.25, 0.3) is 0 Å². The summed E-state index contributed by atoms with van der Waals surface area (Å²) in [5, 5.41) is 7.15. The van der Waals surface area contributed by atoms with E-state index >= 15 is 0 Å². The molecule has 0 aliphatic carbocycles. The molecule has 30 heavy (non-hydrogen) atoms. The predicted octanol–water partition coefficient (Wildman–Crippen LogP) is 5.39. The van der Waals surface area contributed by atoms with Gasteiger partial charge in [0.15, 0.2) is 0 Å². The van der Waals surface area contributed by atoms with E-state index < -0.39 is 22.2 Å². The van der Waals surface area contributed by atoms with Crippen molar-refractivity contribution in [3.63, 3.8) is 0 Å². The zero-order chi connectivity index (χ0) is 21.9. The fourth-order valence-corrected chi connectivity index (χ4v) is 3.76. The highest BCUT2D eigenvalue weighted by atomic mass is 32.2. The number of hydrogen-bond acceptors (Lipinski definition) is 6. The number of aryl methyl sites for hydroxylation is 2. The molecule has 0 aliphatic heterocycles. The third-order valence-electron chi connectivity index (χ3n) is 4.45. The molecule has 0 bridgehead atoms. The SMILES string of the molecule is [N-]=[N+]=Nc1cc(S(=O)[O-])ccc1CCCCCCc1ccc(S(=O)[O-])cc1N=[N+]=[N-]. The third kappa shape index (κ3) is 6.96. The van der Waals surface area contributed by atoms with Crippen LogP contribution in [0.4, 0.5) is 11.4 Å². The topological polar surface area (TPSA) is 178 Å². The highest BCUT2D eigenvalue weighted by molar-refractivity contribution is 7.79. The predicted molar refractivity (Wildman–Crippen MR) is 111 cm³/mol. The van der Waals surface area contributed by atoms with E-state index in [1.54, 1.807) is 12.1 Å². The van der Waals surface area contributed by atoms with Crippen LogP contribution in [0.5, 0.6) is 0 Å². The summed E-state index contributed by atoms with van der Waals surface area (Å²) < 4.78 is 44.2. The van der Waals surface area contributed by atoms with Crippen molar-refractivity contribution in [3.05, 3.63) is 68.4 Å². The number of benzene rings is 2. The number of unbranched alkanes of at least 4 members (excludes halogenated alkanes) is 3. The fourth-order valence-electron chi connectivity index (χ4n) is 2.98. The van der Waals surface area contributed by atoms with Crippen LogP contribution in [-0.2, 0) is 35.0 Å². The zero-order valence-electron chi connectivity index (χ0n) is 15.8. The lowest BCUT2D eigenvalue weighted by atomic mass is 10.0. The highest BCUT2D eigenvalue weighted by Crippen LogP contribution is 2.26. The standard InChI is InChI=1S/C18H20N6O4S2/c19-23-21-17-11-15(29(25)26)9-7-13(17)5-3-1-2-4-6-14-8-10-16(30(27)28)12-18(14)22-24-20/h7-12H,1-6H2,(H,25,26)(H,27,28)/p-2. The van der Waals surface area contributed by atoms with Crippen LogP contribution in [0.15, 0.2) is 56.4 Å². The summed E-state index contributed by atoms with van der Waals surface area (Å²) in [7, 11) is 0. The molecule has 0 N–H and O–H groups in total. The maximum Gasteiger partial charge on any atom is 0.0418 e. The van der Waals surface area contributed by atoms with E-state index in [9.17, 15) is 17.5 Å². The van der Waals surface area contributed by atoms with Crippen LogP contribution in [-0.4, -0.2) is 17.5 Å². The molecule has 0 fully saturated rings. The van der Waals surface area contributed by atoms with E-state index in [2.05, 4.69) is 20.1 Å². The van der Waals surface area contributed by atoms with E-state index in [1.807, 2.05) is 0 Å². The first-order chi connectivity index (χ1) is 14.5. The molecule has 0 saturated heterocycles. The van der Waals surface area contributed by atoms with Crippen LogP contribution in [0.25, 0.3) is 20.9 Å². The van der Waals surface area contributed by atoms with E-state index in [0.717, 1.165) is 36.8 Å². The van der Waals surface area contributed by atoms with Gasteiger partial charge in [0.2, 0.25) is 0 Å². The largest absolute Gasteiger partial charge is 0.768 e. The molecule has 0 aromatic heterocycles. The summed E-state index contributed by atoms with van der Waals surface area (Å²) in [5.41, 5.74) is 19.5. The molecule has 0 radical (unpaired) electrons. The molecule has 2 rings (SSSR count). The van der Waals surface area contributed by atoms with Crippen LogP contribution in [0.1, 0.15) is 36.8 Å². The molecule has 12 heteroatoms. The van der Waals surface area contributed by atoms with Crippen LogP contribution in [0.2, 0.25) is 0 Å². The van der Waals surface area contributed by atoms with Gasteiger partial charge < -0.3 is 9.11 Å². The second-order valence-electron chi connectivity index (χ2n) is 6.34. The lowest BCUT2D eigenvalue weighted by Gasteiger charge is -2.11. The Morgan fingerprint density at radius 3 is 1.47 bits per heavy atom. The lowest BCUT2D eigenvalue weighted by Crippen LogP contribution is -1.93. The highest BCUT2D eigenvalue weighted by Gasteiger charge is 2.06. The van der Waals surface area contributed by atoms with Gasteiger partial charge in [-0.1, -0.05) is 35.2 Å². The van der Waals surface area contributed by atoms with Crippen molar-refractivity contribution in [3.8, 4) is 0 Å². The Labute approximate surface area is 178 Å². The minimum absolute atomic E-state index is 0.0730. The number of azide groups is 2. The molecule has 2 aromatic carbocycles. The summed E-state index contributed by atoms with van der Waals surface area (Å²) in [5.74, 6) is 0. The van der Waals surface area contributed by atoms with Gasteiger partial charge >= 0.3 is 0 Å². The van der Waals surface area contributed by atoms with Crippen molar-refractivity contribution < 1.29 is 17.5 Å². The first-order valence-corrected chi connectivity index (χ1v) is 11.2. The Morgan fingerprint density at radius 1 is 0.733 bits per heavy atom. The van der Waals surface area contributed by atoms with Crippen molar-refractivity contribution in [2.45, 2.75) is 48.3 Å². The smallest absolute Gasteiger partial charge is 0.0418 e. The minimum Gasteiger partial charge on any atom is -0.768 e. The Balaban J connectivity index is 1.88. The van der Waals surface area contributed by atoms with Crippen LogP contribution < -0.4 is 0 Å². The Morgan fingerprint density at radius 2 is 1.13 bits per heavy atom. The molecule has 0 amide bonds. The summed E-state index contributed by atoms with van der Waals surface area (Å²) in [6, 6.07) is 8.98. The van der Waals surface area contributed by atoms with Gasteiger partial charge in [0.1, 0.15) is 0 Å². The van der Waals surface area contributed by atoms with Crippen LogP contribution in [0, 0.1) is 0 Å². The normalized spacial score (nSPS) is 12.5. The molecule has 10 nitrogen and oxygen atoms in total. The Hall–Kier alpha value is -2.72. The monoisotopic (exact) mass is 446 g/mol. The van der Waals surface area contributed by atoms with Crippen molar-refractivity contribution in [1.29, 1.82) is 0 Å².